The maximum absolute atomic E-state index is 10.8. The number of hydrogen-bond acceptors (Lipinski definition) is 2. The van der Waals surface area contributed by atoms with E-state index in [1.165, 1.54) is 4.90 Å². The van der Waals surface area contributed by atoms with Gasteiger partial charge in [-0.2, -0.15) is 0 Å². The molecule has 1 saturated heterocycles. The van der Waals surface area contributed by atoms with E-state index >= 15 is 0 Å². The number of carboxylic acids is 1. The Kier molecular flexibility index (Phi) is 3.11. The Balaban J connectivity index is 0.000000720. The molecule has 0 aromatic heterocycles. The molecule has 4 nitrogen and oxygen atoms in total. The van der Waals surface area contributed by atoms with Crippen LogP contribution in [0.25, 0.3) is 0 Å². The van der Waals surface area contributed by atoms with Crippen molar-refractivity contribution in [1.82, 2.24) is 4.90 Å². The van der Waals surface area contributed by atoms with E-state index in [1.54, 1.807) is 12.3 Å². The molecule has 0 radical (unpaired) electrons. The summed E-state index contributed by atoms with van der Waals surface area (Å²) in [4.78, 5) is 22.8. The van der Waals surface area contributed by atoms with E-state index in [0.29, 0.717) is 6.42 Å². The average molecular weight is 193 g/mol. The molecule has 5 heteroatoms. The quantitative estimate of drug-likeness (QED) is 0.436. The molecule has 0 aromatic carbocycles. The van der Waals surface area contributed by atoms with Crippen LogP contribution in [0.5, 0.6) is 0 Å². The summed E-state index contributed by atoms with van der Waals surface area (Å²) in [6.07, 6.45) is 3.51. The van der Waals surface area contributed by atoms with E-state index in [4.69, 9.17) is 5.11 Å². The van der Waals surface area contributed by atoms with Crippen LogP contribution in [0.3, 0.4) is 0 Å². The van der Waals surface area contributed by atoms with Gasteiger partial charge in [0.15, 0.2) is 0 Å². The minimum absolute atomic E-state index is 0. The topological polar surface area (TPSA) is 57.6 Å². The molecule has 2 atom stereocenters. The molecular formula is C7H8KNO3. The molecule has 12 heavy (non-hydrogen) atoms. The molecule has 0 saturated carbocycles. The third-order valence-electron chi connectivity index (χ3n) is 2.18. The summed E-state index contributed by atoms with van der Waals surface area (Å²) in [5, 5.41) is 8.63. The van der Waals surface area contributed by atoms with Gasteiger partial charge in [-0.3, -0.25) is 9.59 Å². The Labute approximate surface area is 112 Å². The van der Waals surface area contributed by atoms with Crippen LogP contribution in [0.2, 0.25) is 0 Å². The van der Waals surface area contributed by atoms with Crippen LogP contribution in [0.1, 0.15) is 6.42 Å². The first kappa shape index (κ1) is 10.4. The number of nitrogens with zero attached hydrogens (tertiary/aromatic N) is 1. The van der Waals surface area contributed by atoms with Gasteiger partial charge in [-0.1, -0.05) is 6.08 Å². The van der Waals surface area contributed by atoms with Crippen molar-refractivity contribution in [2.24, 2.45) is 5.92 Å². The van der Waals surface area contributed by atoms with Gasteiger partial charge in [-0.15, -0.1) is 0 Å². The summed E-state index contributed by atoms with van der Waals surface area (Å²) < 4.78 is 0. The third kappa shape index (κ3) is 1.40. The Morgan fingerprint density at radius 1 is 1.67 bits per heavy atom. The van der Waals surface area contributed by atoms with Gasteiger partial charge in [-0.05, 0) is 0 Å². The van der Waals surface area contributed by atoms with Gasteiger partial charge < -0.3 is 10.0 Å². The zero-order valence-electron chi connectivity index (χ0n) is 5.73. The minimum atomic E-state index is -0.846. The first-order valence-electron chi connectivity index (χ1n) is 3.42. The molecule has 1 fully saturated rings. The summed E-state index contributed by atoms with van der Waals surface area (Å²) >= 11 is 0. The maximum atomic E-state index is 10.8. The standard InChI is InChI=1S/C7H7NO3.K.H/c9-6-3-5-4(7(10)11)1-2-8(5)6;;/h1-2,4-5H,3H2,(H,10,11);;. The number of amides is 1. The Morgan fingerprint density at radius 2 is 2.33 bits per heavy atom. The van der Waals surface area contributed by atoms with Crippen molar-refractivity contribution in [2.45, 2.75) is 12.5 Å². The van der Waals surface area contributed by atoms with Crippen LogP contribution in [-0.2, 0) is 9.59 Å². The van der Waals surface area contributed by atoms with E-state index in [9.17, 15) is 9.59 Å². The number of fused-ring (bicyclic) bond motifs is 1. The zero-order chi connectivity index (χ0) is 8.01. The molecule has 0 aromatic rings. The second kappa shape index (κ2) is 3.59. The van der Waals surface area contributed by atoms with Crippen molar-refractivity contribution in [3.63, 3.8) is 0 Å². The van der Waals surface area contributed by atoms with Crippen LogP contribution in [0.15, 0.2) is 12.3 Å². The fraction of sp³-hybridized carbons (Fsp3) is 0.429. The van der Waals surface area contributed by atoms with Crippen LogP contribution in [-0.4, -0.2) is 79.3 Å². The van der Waals surface area contributed by atoms with Crippen molar-refractivity contribution in [2.75, 3.05) is 0 Å². The first-order valence-corrected chi connectivity index (χ1v) is 3.42. The number of carbonyl (C=O) groups excluding carboxylic acids is 1. The van der Waals surface area contributed by atoms with Gasteiger partial charge in [0.2, 0.25) is 5.91 Å². The van der Waals surface area contributed by atoms with E-state index in [2.05, 4.69) is 0 Å². The molecule has 1 amide bonds. The van der Waals surface area contributed by atoms with Crippen molar-refractivity contribution >= 4 is 63.3 Å². The van der Waals surface area contributed by atoms with Crippen LogP contribution >= 0.6 is 0 Å². The van der Waals surface area contributed by atoms with Gasteiger partial charge in [0.1, 0.15) is 0 Å². The van der Waals surface area contributed by atoms with Crippen molar-refractivity contribution < 1.29 is 14.7 Å². The first-order chi connectivity index (χ1) is 5.20. The number of hydrogen-bond donors (Lipinski definition) is 1. The van der Waals surface area contributed by atoms with Crippen molar-refractivity contribution in [3.05, 3.63) is 12.3 Å². The summed E-state index contributed by atoms with van der Waals surface area (Å²) in [6, 6.07) is -0.0972. The fourth-order valence-corrected chi connectivity index (χ4v) is 1.51. The number of carboxylic acid groups (broad SMARTS) is 1. The van der Waals surface area contributed by atoms with Gasteiger partial charge >= 0.3 is 57.4 Å². The second-order valence-corrected chi connectivity index (χ2v) is 2.78. The van der Waals surface area contributed by atoms with E-state index in [-0.39, 0.29) is 63.3 Å². The fourth-order valence-electron chi connectivity index (χ4n) is 1.51. The van der Waals surface area contributed by atoms with Crippen LogP contribution in [0, 0.1) is 5.92 Å². The monoisotopic (exact) mass is 193 g/mol. The third-order valence-corrected chi connectivity index (χ3v) is 2.18. The number of aliphatic carboxylic acids is 1. The van der Waals surface area contributed by atoms with Gasteiger partial charge in [0, 0.05) is 12.6 Å². The van der Waals surface area contributed by atoms with Crippen LogP contribution < -0.4 is 0 Å². The Bertz CT molecular complexity index is 263. The molecular weight excluding hydrogens is 185 g/mol. The number of carbonyl (C=O) groups is 2. The number of β-lactam (4-membered cyclic amide) rings is 1. The molecule has 60 valence electrons. The zero-order valence-corrected chi connectivity index (χ0v) is 5.73. The molecule has 0 aliphatic carbocycles. The van der Waals surface area contributed by atoms with Crippen molar-refractivity contribution in [3.8, 4) is 0 Å². The summed E-state index contributed by atoms with van der Waals surface area (Å²) in [5.41, 5.74) is 0. The van der Waals surface area contributed by atoms with Crippen molar-refractivity contribution in [1.29, 1.82) is 0 Å². The predicted molar refractivity (Wildman–Crippen MR) is 42.7 cm³/mol. The van der Waals surface area contributed by atoms with E-state index in [1.807, 2.05) is 0 Å². The molecule has 2 aliphatic heterocycles. The van der Waals surface area contributed by atoms with Gasteiger partial charge in [0.25, 0.3) is 0 Å². The molecule has 2 heterocycles. The average Bonchev–Trinajstić information content (AvgIpc) is 2.25. The molecule has 2 aliphatic rings. The summed E-state index contributed by atoms with van der Waals surface area (Å²) in [5.74, 6) is -1.30. The molecule has 2 rings (SSSR count). The predicted octanol–water partition coefficient (Wildman–Crippen LogP) is -0.833. The summed E-state index contributed by atoms with van der Waals surface area (Å²) in [6.45, 7) is 0. The Morgan fingerprint density at radius 3 is 2.75 bits per heavy atom. The van der Waals surface area contributed by atoms with Crippen LogP contribution in [0.4, 0.5) is 0 Å². The van der Waals surface area contributed by atoms with E-state index in [0.717, 1.165) is 0 Å². The molecule has 1 N–H and O–H groups in total. The van der Waals surface area contributed by atoms with E-state index < -0.39 is 11.9 Å². The normalized spacial score (nSPS) is 30.7. The Hall–Kier alpha value is 0.316. The SMILES string of the molecule is O=C(O)C1C=CN2C(=O)CC12.[KH]. The summed E-state index contributed by atoms with van der Waals surface area (Å²) in [7, 11) is 0. The van der Waals surface area contributed by atoms with Gasteiger partial charge in [0.05, 0.1) is 12.0 Å². The second-order valence-electron chi connectivity index (χ2n) is 2.78. The molecule has 0 bridgehead atoms. The molecule has 0 spiro atoms. The number of rotatable bonds is 1. The molecule has 2 unspecified atom stereocenters. The van der Waals surface area contributed by atoms with Gasteiger partial charge in [-0.25, -0.2) is 0 Å².